The van der Waals surface area contributed by atoms with Crippen LogP contribution >= 0.6 is 11.3 Å². The van der Waals surface area contributed by atoms with Crippen LogP contribution in [0, 0.1) is 0 Å². The first kappa shape index (κ1) is 23.2. The Bertz CT molecular complexity index is 856. The van der Waals surface area contributed by atoms with E-state index in [-0.39, 0.29) is 31.0 Å². The number of rotatable bonds is 10. The number of para-hydroxylation sites is 1. The minimum Gasteiger partial charge on any atom is -0.456 e. The van der Waals surface area contributed by atoms with Crippen LogP contribution < -0.4 is 15.4 Å². The lowest BCUT2D eigenvalue weighted by atomic mass is 10.2. The average molecular weight is 444 g/mol. The molecule has 7 nitrogen and oxygen atoms in total. The predicted octanol–water partition coefficient (Wildman–Crippen LogP) is 3.02. The molecule has 0 unspecified atom stereocenters. The molecule has 0 fully saturated rings. The summed E-state index contributed by atoms with van der Waals surface area (Å²) in [5, 5.41) is 8.49. The van der Waals surface area contributed by atoms with Crippen molar-refractivity contribution in [3.63, 3.8) is 0 Å². The van der Waals surface area contributed by atoms with Gasteiger partial charge in [-0.2, -0.15) is 11.3 Å². The first-order valence-corrected chi connectivity index (χ1v) is 9.75. The number of esters is 1. The van der Waals surface area contributed by atoms with Gasteiger partial charge in [0.05, 0.1) is 0 Å². The van der Waals surface area contributed by atoms with Crippen molar-refractivity contribution in [2.45, 2.75) is 25.7 Å². The van der Waals surface area contributed by atoms with E-state index in [1.165, 1.54) is 29.5 Å². The van der Waals surface area contributed by atoms with Crippen molar-refractivity contribution >= 4 is 29.1 Å². The second-order valence-corrected chi connectivity index (χ2v) is 6.74. The van der Waals surface area contributed by atoms with Gasteiger partial charge < -0.3 is 20.1 Å². The Morgan fingerprint density at radius 2 is 1.83 bits per heavy atom. The van der Waals surface area contributed by atoms with E-state index in [1.807, 2.05) is 0 Å². The minimum absolute atomic E-state index is 0.000543. The van der Waals surface area contributed by atoms with Crippen LogP contribution in [-0.4, -0.2) is 37.3 Å². The second-order valence-electron chi connectivity index (χ2n) is 5.96. The standard InChI is InChI=1S/C19H19F3N2O5S/c20-19(21,22)29-15-5-2-1-4-13(15)10-24-16(25)11-28-17(26)6-3-8-23-18(27)14-7-9-30-12-14/h1-2,4-5,7,9,12H,3,6,8,10-11H2,(H,23,27)(H,24,25). The molecule has 0 aliphatic carbocycles. The van der Waals surface area contributed by atoms with Crippen LogP contribution in [0.25, 0.3) is 0 Å². The molecule has 0 atom stereocenters. The largest absolute Gasteiger partial charge is 0.573 e. The Hall–Kier alpha value is -3.08. The molecule has 1 aromatic heterocycles. The van der Waals surface area contributed by atoms with E-state index in [2.05, 4.69) is 15.4 Å². The first-order chi connectivity index (χ1) is 14.2. The molecule has 0 saturated heterocycles. The lowest BCUT2D eigenvalue weighted by molar-refractivity contribution is -0.274. The topological polar surface area (TPSA) is 93.7 Å². The molecule has 1 aromatic carbocycles. The number of carbonyl (C=O) groups excluding carboxylic acids is 3. The Balaban J connectivity index is 1.64. The first-order valence-electron chi connectivity index (χ1n) is 8.81. The fourth-order valence-electron chi connectivity index (χ4n) is 2.27. The molecular weight excluding hydrogens is 425 g/mol. The van der Waals surface area contributed by atoms with Crippen LogP contribution in [-0.2, 0) is 20.9 Å². The average Bonchev–Trinajstić information content (AvgIpc) is 3.22. The van der Waals surface area contributed by atoms with Crippen molar-refractivity contribution < 1.29 is 37.0 Å². The van der Waals surface area contributed by atoms with Gasteiger partial charge in [0.25, 0.3) is 11.8 Å². The number of amides is 2. The van der Waals surface area contributed by atoms with E-state index in [4.69, 9.17) is 4.74 Å². The smallest absolute Gasteiger partial charge is 0.456 e. The zero-order valence-electron chi connectivity index (χ0n) is 15.7. The van der Waals surface area contributed by atoms with Gasteiger partial charge in [0.2, 0.25) is 0 Å². The van der Waals surface area contributed by atoms with Crippen LogP contribution in [0.4, 0.5) is 13.2 Å². The summed E-state index contributed by atoms with van der Waals surface area (Å²) in [5.74, 6) is -1.96. The highest BCUT2D eigenvalue weighted by atomic mass is 32.1. The molecule has 1 heterocycles. The zero-order valence-corrected chi connectivity index (χ0v) is 16.5. The number of thiophene rings is 1. The van der Waals surface area contributed by atoms with E-state index in [0.717, 1.165) is 6.07 Å². The summed E-state index contributed by atoms with van der Waals surface area (Å²) in [6, 6.07) is 7.06. The van der Waals surface area contributed by atoms with Crippen LogP contribution in [0.5, 0.6) is 5.75 Å². The van der Waals surface area contributed by atoms with Crippen molar-refractivity contribution in [3.8, 4) is 5.75 Å². The van der Waals surface area contributed by atoms with Gasteiger partial charge >= 0.3 is 12.3 Å². The third-order valence-corrected chi connectivity index (χ3v) is 4.35. The summed E-state index contributed by atoms with van der Waals surface area (Å²) < 4.78 is 45.9. The summed E-state index contributed by atoms with van der Waals surface area (Å²) in [5.41, 5.74) is 0.664. The third kappa shape index (κ3) is 8.52. The third-order valence-electron chi connectivity index (χ3n) is 3.67. The van der Waals surface area contributed by atoms with Gasteiger partial charge in [0.15, 0.2) is 6.61 Å². The lowest BCUT2D eigenvalue weighted by Crippen LogP contribution is -2.29. The molecule has 2 amide bonds. The summed E-state index contributed by atoms with van der Waals surface area (Å²) in [6.07, 6.45) is -4.52. The summed E-state index contributed by atoms with van der Waals surface area (Å²) in [6.45, 7) is -0.522. The van der Waals surface area contributed by atoms with Crippen molar-refractivity contribution in [3.05, 3.63) is 52.2 Å². The van der Waals surface area contributed by atoms with E-state index < -0.39 is 30.6 Å². The number of halogens is 3. The number of hydrogen-bond acceptors (Lipinski definition) is 6. The highest BCUT2D eigenvalue weighted by Crippen LogP contribution is 2.26. The molecule has 0 aliphatic heterocycles. The molecule has 0 bridgehead atoms. The monoisotopic (exact) mass is 444 g/mol. The highest BCUT2D eigenvalue weighted by molar-refractivity contribution is 7.08. The molecule has 0 saturated carbocycles. The maximum Gasteiger partial charge on any atom is 0.573 e. The molecule has 0 spiro atoms. The molecule has 0 aliphatic rings. The van der Waals surface area contributed by atoms with E-state index >= 15 is 0 Å². The van der Waals surface area contributed by atoms with Gasteiger partial charge in [-0.1, -0.05) is 18.2 Å². The number of nitrogens with one attached hydrogen (secondary N) is 2. The van der Waals surface area contributed by atoms with Crippen molar-refractivity contribution in [2.24, 2.45) is 0 Å². The molecule has 2 N–H and O–H groups in total. The Morgan fingerprint density at radius 3 is 2.53 bits per heavy atom. The predicted molar refractivity (Wildman–Crippen MR) is 102 cm³/mol. The number of hydrogen-bond donors (Lipinski definition) is 2. The summed E-state index contributed by atoms with van der Waals surface area (Å²) in [4.78, 5) is 35.1. The van der Waals surface area contributed by atoms with Crippen LogP contribution in [0.15, 0.2) is 41.1 Å². The van der Waals surface area contributed by atoms with Gasteiger partial charge in [-0.15, -0.1) is 13.2 Å². The Labute approximate surface area is 174 Å². The number of alkyl halides is 3. The maximum absolute atomic E-state index is 12.4. The number of carbonyl (C=O) groups is 3. The van der Waals surface area contributed by atoms with Crippen molar-refractivity contribution in [2.75, 3.05) is 13.2 Å². The quantitative estimate of drug-likeness (QED) is 0.434. The van der Waals surface area contributed by atoms with Crippen LogP contribution in [0.1, 0.15) is 28.8 Å². The Morgan fingerprint density at radius 1 is 1.07 bits per heavy atom. The molecule has 162 valence electrons. The van der Waals surface area contributed by atoms with Crippen LogP contribution in [0.2, 0.25) is 0 Å². The Kier molecular flexibility index (Phi) is 8.66. The van der Waals surface area contributed by atoms with Gasteiger partial charge in [-0.25, -0.2) is 0 Å². The van der Waals surface area contributed by atoms with E-state index in [9.17, 15) is 27.6 Å². The number of ether oxygens (including phenoxy) is 2. The molecule has 2 aromatic rings. The zero-order chi connectivity index (χ0) is 22.0. The fraction of sp³-hybridized carbons (Fsp3) is 0.316. The molecule has 0 radical (unpaired) electrons. The van der Waals surface area contributed by atoms with Gasteiger partial charge in [0, 0.05) is 36.0 Å². The number of benzene rings is 1. The highest BCUT2D eigenvalue weighted by Gasteiger charge is 2.32. The summed E-state index contributed by atoms with van der Waals surface area (Å²) in [7, 11) is 0. The van der Waals surface area contributed by atoms with E-state index in [1.54, 1.807) is 16.8 Å². The molecule has 11 heteroatoms. The van der Waals surface area contributed by atoms with Crippen LogP contribution in [0.3, 0.4) is 0 Å². The van der Waals surface area contributed by atoms with Gasteiger partial charge in [-0.05, 0) is 23.9 Å². The molecule has 2 rings (SSSR count). The van der Waals surface area contributed by atoms with Crippen molar-refractivity contribution in [1.82, 2.24) is 10.6 Å². The minimum atomic E-state index is -4.85. The fourth-order valence-corrected chi connectivity index (χ4v) is 2.90. The van der Waals surface area contributed by atoms with Gasteiger partial charge in [-0.3, -0.25) is 14.4 Å². The van der Waals surface area contributed by atoms with Crippen molar-refractivity contribution in [1.29, 1.82) is 0 Å². The molecular formula is C19H19F3N2O5S. The van der Waals surface area contributed by atoms with E-state index in [0.29, 0.717) is 12.0 Å². The summed E-state index contributed by atoms with van der Waals surface area (Å²) >= 11 is 1.40. The lowest BCUT2D eigenvalue weighted by Gasteiger charge is -2.13. The molecule has 30 heavy (non-hydrogen) atoms. The normalized spacial score (nSPS) is 10.9. The SMILES string of the molecule is O=C(COC(=O)CCCNC(=O)c1ccsc1)NCc1ccccc1OC(F)(F)F. The second kappa shape index (κ2) is 11.2. The maximum atomic E-state index is 12.4. The van der Waals surface area contributed by atoms with Gasteiger partial charge in [0.1, 0.15) is 5.75 Å².